The third-order valence-electron chi connectivity index (χ3n) is 3.46. The number of hydrogen-bond donors (Lipinski definition) is 2. The van der Waals surface area contributed by atoms with Crippen LogP contribution in [0.5, 0.6) is 0 Å². The molecule has 0 aliphatic heterocycles. The maximum atomic E-state index is 13.2. The molecule has 0 unspecified atom stereocenters. The van der Waals surface area contributed by atoms with Gasteiger partial charge in [0.1, 0.15) is 10.7 Å². The molecule has 1 rings (SSSR count). The quantitative estimate of drug-likeness (QED) is 0.779. The molecule has 0 bridgehead atoms. The first-order valence-corrected chi connectivity index (χ1v) is 8.02. The predicted octanol–water partition coefficient (Wildman–Crippen LogP) is 3.08. The van der Waals surface area contributed by atoms with Crippen molar-refractivity contribution in [3.63, 3.8) is 0 Å². The van der Waals surface area contributed by atoms with Gasteiger partial charge in [0.2, 0.25) is 0 Å². The molecule has 0 radical (unpaired) electrons. The van der Waals surface area contributed by atoms with Gasteiger partial charge in [-0.3, -0.25) is 0 Å². The van der Waals surface area contributed by atoms with Gasteiger partial charge in [-0.15, -0.1) is 0 Å². The van der Waals surface area contributed by atoms with Gasteiger partial charge in [-0.05, 0) is 31.0 Å². The lowest BCUT2D eigenvalue weighted by molar-refractivity contribution is -0.0435. The third-order valence-corrected chi connectivity index (χ3v) is 4.99. The lowest BCUT2D eigenvalue weighted by Gasteiger charge is -2.26. The number of benzene rings is 1. The van der Waals surface area contributed by atoms with Crippen LogP contribution in [-0.2, 0) is 9.84 Å². The molecule has 0 atom stereocenters. The summed E-state index contributed by atoms with van der Waals surface area (Å²) in [5, 5.41) is 12.6. The first-order valence-electron chi connectivity index (χ1n) is 6.54. The van der Waals surface area contributed by atoms with Crippen molar-refractivity contribution in [1.29, 1.82) is 0 Å². The van der Waals surface area contributed by atoms with E-state index in [4.69, 9.17) is 0 Å². The molecule has 2 N–H and O–H groups in total. The molecule has 0 aliphatic rings. The Morgan fingerprint density at radius 3 is 2.18 bits per heavy atom. The van der Waals surface area contributed by atoms with Gasteiger partial charge in [-0.2, -0.15) is 13.2 Å². The van der Waals surface area contributed by atoms with Crippen LogP contribution in [0.3, 0.4) is 0 Å². The van der Waals surface area contributed by atoms with Gasteiger partial charge in [0.25, 0.3) is 9.84 Å². The van der Waals surface area contributed by atoms with Crippen LogP contribution in [0.1, 0.15) is 26.7 Å². The van der Waals surface area contributed by atoms with E-state index in [1.807, 2.05) is 0 Å². The molecule has 0 aromatic heterocycles. The SMILES string of the molecule is CCC(O)(CC)CNc1ccc(F)cc1S(=O)(=O)C(F)(F)F. The molecule has 4 nitrogen and oxygen atoms in total. The van der Waals surface area contributed by atoms with Crippen molar-refractivity contribution in [3.05, 3.63) is 24.0 Å². The highest BCUT2D eigenvalue weighted by Crippen LogP contribution is 2.35. The van der Waals surface area contributed by atoms with Crippen molar-refractivity contribution in [1.82, 2.24) is 0 Å². The molecule has 1 aromatic carbocycles. The predicted molar refractivity (Wildman–Crippen MR) is 73.7 cm³/mol. The summed E-state index contributed by atoms with van der Waals surface area (Å²) in [7, 11) is -5.69. The van der Waals surface area contributed by atoms with Crippen LogP contribution in [0, 0.1) is 5.82 Å². The number of alkyl halides is 3. The van der Waals surface area contributed by atoms with Crippen molar-refractivity contribution in [3.8, 4) is 0 Å². The van der Waals surface area contributed by atoms with Crippen LogP contribution >= 0.6 is 0 Å². The highest BCUT2D eigenvalue weighted by Gasteiger charge is 2.48. The zero-order valence-electron chi connectivity index (χ0n) is 12.0. The summed E-state index contributed by atoms with van der Waals surface area (Å²) in [5.74, 6) is -1.10. The van der Waals surface area contributed by atoms with E-state index < -0.39 is 37.3 Å². The summed E-state index contributed by atoms with van der Waals surface area (Å²) in [5.41, 5.74) is -7.14. The Balaban J connectivity index is 3.24. The molecule has 9 heteroatoms. The monoisotopic (exact) mass is 343 g/mol. The van der Waals surface area contributed by atoms with Gasteiger partial charge in [0.05, 0.1) is 11.3 Å². The highest BCUT2D eigenvalue weighted by atomic mass is 32.2. The number of rotatable bonds is 6. The second-order valence-electron chi connectivity index (χ2n) is 4.87. The van der Waals surface area contributed by atoms with E-state index >= 15 is 0 Å². The molecule has 0 amide bonds. The van der Waals surface area contributed by atoms with Crippen LogP contribution in [0.25, 0.3) is 0 Å². The smallest absolute Gasteiger partial charge is 0.388 e. The Labute approximate surface area is 126 Å². The number of aliphatic hydroxyl groups is 1. The second-order valence-corrected chi connectivity index (χ2v) is 6.78. The minimum absolute atomic E-state index is 0.161. The van der Waals surface area contributed by atoms with E-state index in [0.29, 0.717) is 18.9 Å². The van der Waals surface area contributed by atoms with Crippen LogP contribution in [-0.4, -0.2) is 31.2 Å². The Morgan fingerprint density at radius 2 is 1.73 bits per heavy atom. The van der Waals surface area contributed by atoms with Gasteiger partial charge >= 0.3 is 5.51 Å². The molecule has 22 heavy (non-hydrogen) atoms. The standard InChI is InChI=1S/C13H17F4NO3S/c1-3-12(19,4-2)8-18-10-6-5-9(14)7-11(10)22(20,21)13(15,16)17/h5-7,18-19H,3-4,8H2,1-2H3. The first kappa shape index (κ1) is 18.7. The van der Waals surface area contributed by atoms with Crippen molar-refractivity contribution in [2.75, 3.05) is 11.9 Å². The Morgan fingerprint density at radius 1 is 1.18 bits per heavy atom. The van der Waals surface area contributed by atoms with E-state index in [1.54, 1.807) is 13.8 Å². The molecule has 0 fully saturated rings. The summed E-state index contributed by atoms with van der Waals surface area (Å²) in [6.45, 7) is 3.21. The number of sulfone groups is 1. The normalized spacial score (nSPS) is 13.2. The minimum Gasteiger partial charge on any atom is -0.388 e. The molecule has 0 saturated carbocycles. The number of halogens is 4. The highest BCUT2D eigenvalue weighted by molar-refractivity contribution is 7.92. The fraction of sp³-hybridized carbons (Fsp3) is 0.538. The summed E-state index contributed by atoms with van der Waals surface area (Å²) in [6, 6.07) is 2.05. The first-order chi connectivity index (χ1) is 9.97. The van der Waals surface area contributed by atoms with Crippen molar-refractivity contribution in [2.24, 2.45) is 0 Å². The van der Waals surface area contributed by atoms with Crippen molar-refractivity contribution in [2.45, 2.75) is 42.7 Å². The third kappa shape index (κ3) is 3.89. The van der Waals surface area contributed by atoms with E-state index in [-0.39, 0.29) is 6.54 Å². The largest absolute Gasteiger partial charge is 0.501 e. The van der Waals surface area contributed by atoms with Gasteiger partial charge in [-0.25, -0.2) is 12.8 Å². The molecule has 0 heterocycles. The molecule has 1 aromatic rings. The molecule has 0 saturated heterocycles. The van der Waals surface area contributed by atoms with E-state index in [9.17, 15) is 31.1 Å². The molecular weight excluding hydrogens is 326 g/mol. The molecule has 0 aliphatic carbocycles. The van der Waals surface area contributed by atoms with E-state index in [0.717, 1.165) is 12.1 Å². The molecule has 126 valence electrons. The number of anilines is 1. The number of nitrogens with one attached hydrogen (secondary N) is 1. The Hall–Kier alpha value is -1.35. The van der Waals surface area contributed by atoms with E-state index in [2.05, 4.69) is 5.32 Å². The Kier molecular flexibility index (Phi) is 5.45. The molecule has 0 spiro atoms. The number of hydrogen-bond acceptors (Lipinski definition) is 4. The maximum absolute atomic E-state index is 13.2. The van der Waals surface area contributed by atoms with Crippen LogP contribution in [0.2, 0.25) is 0 Å². The fourth-order valence-electron chi connectivity index (χ4n) is 1.75. The van der Waals surface area contributed by atoms with Crippen LogP contribution in [0.4, 0.5) is 23.2 Å². The average molecular weight is 343 g/mol. The van der Waals surface area contributed by atoms with E-state index in [1.165, 1.54) is 0 Å². The van der Waals surface area contributed by atoms with Gasteiger partial charge < -0.3 is 10.4 Å². The van der Waals surface area contributed by atoms with Gasteiger partial charge in [0, 0.05) is 6.54 Å². The Bertz CT molecular complexity index is 625. The maximum Gasteiger partial charge on any atom is 0.501 e. The zero-order valence-corrected chi connectivity index (χ0v) is 12.9. The van der Waals surface area contributed by atoms with Crippen molar-refractivity contribution >= 4 is 15.5 Å². The van der Waals surface area contributed by atoms with Crippen LogP contribution < -0.4 is 5.32 Å². The minimum atomic E-state index is -5.69. The van der Waals surface area contributed by atoms with Gasteiger partial charge in [-0.1, -0.05) is 13.8 Å². The summed E-state index contributed by atoms with van der Waals surface area (Å²) in [6.07, 6.45) is 0.637. The summed E-state index contributed by atoms with van der Waals surface area (Å²) in [4.78, 5) is -1.20. The fourth-order valence-corrected chi connectivity index (χ4v) is 2.70. The second kappa shape index (κ2) is 6.41. The lowest BCUT2D eigenvalue weighted by Crippen LogP contribution is -2.36. The van der Waals surface area contributed by atoms with Crippen LogP contribution in [0.15, 0.2) is 23.1 Å². The average Bonchev–Trinajstić information content (AvgIpc) is 2.44. The van der Waals surface area contributed by atoms with Crippen molar-refractivity contribution < 1.29 is 31.1 Å². The lowest BCUT2D eigenvalue weighted by atomic mass is 9.97. The molecular formula is C13H17F4NO3S. The topological polar surface area (TPSA) is 66.4 Å². The summed E-state index contributed by atoms with van der Waals surface area (Å²) < 4.78 is 74.1. The summed E-state index contributed by atoms with van der Waals surface area (Å²) >= 11 is 0. The zero-order chi connectivity index (χ0) is 17.2. The van der Waals surface area contributed by atoms with Gasteiger partial charge in [0.15, 0.2) is 0 Å².